The summed E-state index contributed by atoms with van der Waals surface area (Å²) in [6.45, 7) is 2.79. The first-order chi connectivity index (χ1) is 9.72. The zero-order chi connectivity index (χ0) is 14.4. The molecule has 0 spiro atoms. The monoisotopic (exact) mass is 274 g/mol. The van der Waals surface area contributed by atoms with Crippen molar-refractivity contribution in [3.8, 4) is 17.2 Å². The van der Waals surface area contributed by atoms with Gasteiger partial charge >= 0.3 is 0 Å². The molecule has 0 amide bonds. The third-order valence-corrected chi connectivity index (χ3v) is 2.82. The molecule has 106 valence electrons. The normalized spacial score (nSPS) is 10.3. The van der Waals surface area contributed by atoms with Crippen LogP contribution in [0.2, 0.25) is 0 Å². The van der Waals surface area contributed by atoms with Crippen molar-refractivity contribution in [3.63, 3.8) is 0 Å². The minimum atomic E-state index is -0.0294. The lowest BCUT2D eigenvalue weighted by Gasteiger charge is -2.13. The van der Waals surface area contributed by atoms with Gasteiger partial charge in [-0.25, -0.2) is 0 Å². The molecule has 4 heteroatoms. The number of aromatic hydroxyl groups is 1. The Hall–Kier alpha value is -2.20. The van der Waals surface area contributed by atoms with E-state index in [4.69, 9.17) is 14.6 Å². The van der Waals surface area contributed by atoms with Crippen LogP contribution in [0.15, 0.2) is 42.5 Å². The Balaban J connectivity index is 2.09. The molecule has 0 saturated carbocycles. The first-order valence-corrected chi connectivity index (χ1v) is 6.50. The maximum absolute atomic E-state index is 9.23. The Bertz CT molecular complexity index is 549. The number of phenolic OH excluding ortho intramolecular Hbond substituents is 1. The third kappa shape index (κ3) is 3.65. The fraction of sp³-hybridized carbons (Fsp3) is 0.250. The molecule has 0 aliphatic carbocycles. The topological polar surface area (TPSA) is 58.9 Å². The highest BCUT2D eigenvalue weighted by atomic mass is 16.5. The lowest BCUT2D eigenvalue weighted by molar-refractivity contribution is 0.263. The zero-order valence-corrected chi connectivity index (χ0v) is 11.4. The van der Waals surface area contributed by atoms with Crippen LogP contribution in [-0.2, 0) is 13.2 Å². The fourth-order valence-corrected chi connectivity index (χ4v) is 1.79. The van der Waals surface area contributed by atoms with Crippen LogP contribution in [0.5, 0.6) is 17.2 Å². The Morgan fingerprint density at radius 1 is 0.900 bits per heavy atom. The molecule has 2 aromatic carbocycles. The number of aliphatic hydroxyl groups excluding tert-OH is 1. The molecule has 0 aliphatic heterocycles. The van der Waals surface area contributed by atoms with Gasteiger partial charge in [0.15, 0.2) is 11.5 Å². The number of aliphatic hydroxyl groups is 1. The number of ether oxygens (including phenoxy) is 2. The lowest BCUT2D eigenvalue weighted by Crippen LogP contribution is -2.00. The van der Waals surface area contributed by atoms with Gasteiger partial charge < -0.3 is 19.7 Å². The Morgan fingerprint density at radius 3 is 2.25 bits per heavy atom. The Labute approximate surface area is 118 Å². The summed E-state index contributed by atoms with van der Waals surface area (Å²) in [5.74, 6) is 1.49. The molecule has 2 rings (SSSR count). The van der Waals surface area contributed by atoms with Crippen molar-refractivity contribution < 1.29 is 19.7 Å². The molecule has 0 atom stereocenters. The average Bonchev–Trinajstić information content (AvgIpc) is 2.48. The molecule has 4 nitrogen and oxygen atoms in total. The molecular weight excluding hydrogens is 256 g/mol. The minimum Gasteiger partial charge on any atom is -0.508 e. The zero-order valence-electron chi connectivity index (χ0n) is 11.4. The minimum absolute atomic E-state index is 0.0294. The van der Waals surface area contributed by atoms with Gasteiger partial charge in [-0.2, -0.15) is 0 Å². The van der Waals surface area contributed by atoms with E-state index in [9.17, 15) is 5.11 Å². The lowest BCUT2D eigenvalue weighted by atomic mass is 10.2. The average molecular weight is 274 g/mol. The van der Waals surface area contributed by atoms with Gasteiger partial charge in [0.25, 0.3) is 0 Å². The van der Waals surface area contributed by atoms with E-state index >= 15 is 0 Å². The summed E-state index contributed by atoms with van der Waals surface area (Å²) in [5.41, 5.74) is 1.74. The van der Waals surface area contributed by atoms with Crippen LogP contribution in [0.25, 0.3) is 0 Å². The second-order valence-electron chi connectivity index (χ2n) is 4.33. The van der Waals surface area contributed by atoms with Gasteiger partial charge in [-0.3, -0.25) is 0 Å². The molecule has 0 radical (unpaired) electrons. The molecule has 0 saturated heterocycles. The standard InChI is InChI=1S/C16H18O4/c1-2-19-16-9-13(10-17)5-8-15(16)20-11-12-3-6-14(18)7-4-12/h3-9,17-18H,2,10-11H2,1H3. The van der Waals surface area contributed by atoms with Crippen molar-refractivity contribution in [1.29, 1.82) is 0 Å². The van der Waals surface area contributed by atoms with E-state index in [2.05, 4.69) is 0 Å². The first-order valence-electron chi connectivity index (χ1n) is 6.50. The molecule has 0 aromatic heterocycles. The van der Waals surface area contributed by atoms with Crippen LogP contribution in [0, 0.1) is 0 Å². The van der Waals surface area contributed by atoms with Crippen LogP contribution < -0.4 is 9.47 Å². The highest BCUT2D eigenvalue weighted by Crippen LogP contribution is 2.29. The van der Waals surface area contributed by atoms with E-state index < -0.39 is 0 Å². The van der Waals surface area contributed by atoms with E-state index in [1.807, 2.05) is 6.92 Å². The Morgan fingerprint density at radius 2 is 1.60 bits per heavy atom. The molecule has 2 aromatic rings. The number of hydrogen-bond acceptors (Lipinski definition) is 4. The van der Waals surface area contributed by atoms with Crippen LogP contribution in [0.1, 0.15) is 18.1 Å². The van der Waals surface area contributed by atoms with Crippen LogP contribution in [0.3, 0.4) is 0 Å². The largest absolute Gasteiger partial charge is 0.508 e. The van der Waals surface area contributed by atoms with Crippen molar-refractivity contribution in [2.75, 3.05) is 6.61 Å². The van der Waals surface area contributed by atoms with Crippen molar-refractivity contribution in [2.24, 2.45) is 0 Å². The van der Waals surface area contributed by atoms with Crippen molar-refractivity contribution in [3.05, 3.63) is 53.6 Å². The van der Waals surface area contributed by atoms with Crippen LogP contribution >= 0.6 is 0 Å². The van der Waals surface area contributed by atoms with Gasteiger partial charge in [0.2, 0.25) is 0 Å². The third-order valence-electron chi connectivity index (χ3n) is 2.82. The molecule has 0 bridgehead atoms. The van der Waals surface area contributed by atoms with Crippen LogP contribution in [-0.4, -0.2) is 16.8 Å². The summed E-state index contributed by atoms with van der Waals surface area (Å²) < 4.78 is 11.2. The highest BCUT2D eigenvalue weighted by molar-refractivity contribution is 5.43. The van der Waals surface area contributed by atoms with E-state index in [0.717, 1.165) is 11.1 Å². The first kappa shape index (κ1) is 14.2. The molecule has 0 heterocycles. The fourth-order valence-electron chi connectivity index (χ4n) is 1.79. The summed E-state index contributed by atoms with van der Waals surface area (Å²) in [4.78, 5) is 0. The number of phenols is 1. The van der Waals surface area contributed by atoms with Gasteiger partial charge in [-0.1, -0.05) is 18.2 Å². The molecule has 0 fully saturated rings. The molecule has 0 unspecified atom stereocenters. The maximum atomic E-state index is 9.23. The number of rotatable bonds is 6. The van der Waals surface area contributed by atoms with Crippen molar-refractivity contribution in [2.45, 2.75) is 20.1 Å². The van der Waals surface area contributed by atoms with E-state index in [1.54, 1.807) is 42.5 Å². The van der Waals surface area contributed by atoms with E-state index in [-0.39, 0.29) is 12.4 Å². The van der Waals surface area contributed by atoms with Gasteiger partial charge in [0.05, 0.1) is 13.2 Å². The predicted molar refractivity (Wildman–Crippen MR) is 76.0 cm³/mol. The van der Waals surface area contributed by atoms with E-state index in [0.29, 0.717) is 24.7 Å². The number of hydrogen-bond donors (Lipinski definition) is 2. The SMILES string of the molecule is CCOc1cc(CO)ccc1OCc1ccc(O)cc1. The molecule has 2 N–H and O–H groups in total. The van der Waals surface area contributed by atoms with Crippen molar-refractivity contribution in [1.82, 2.24) is 0 Å². The van der Waals surface area contributed by atoms with Crippen LogP contribution in [0.4, 0.5) is 0 Å². The predicted octanol–water partition coefficient (Wildman–Crippen LogP) is 2.86. The quantitative estimate of drug-likeness (QED) is 0.850. The van der Waals surface area contributed by atoms with Gasteiger partial charge in [-0.05, 0) is 42.3 Å². The highest BCUT2D eigenvalue weighted by Gasteiger charge is 2.06. The second-order valence-corrected chi connectivity index (χ2v) is 4.33. The summed E-state index contributed by atoms with van der Waals surface area (Å²) in [5, 5.41) is 18.4. The summed E-state index contributed by atoms with van der Waals surface area (Å²) in [6, 6.07) is 12.2. The maximum Gasteiger partial charge on any atom is 0.161 e. The molecular formula is C16H18O4. The van der Waals surface area contributed by atoms with Gasteiger partial charge in [0, 0.05) is 0 Å². The van der Waals surface area contributed by atoms with Gasteiger partial charge in [0.1, 0.15) is 12.4 Å². The molecule has 0 aliphatic rings. The molecule has 20 heavy (non-hydrogen) atoms. The second kappa shape index (κ2) is 6.82. The summed E-state index contributed by atoms with van der Waals surface area (Å²) in [6.07, 6.45) is 0. The smallest absolute Gasteiger partial charge is 0.161 e. The van der Waals surface area contributed by atoms with Gasteiger partial charge in [-0.15, -0.1) is 0 Å². The number of benzene rings is 2. The van der Waals surface area contributed by atoms with Crippen molar-refractivity contribution >= 4 is 0 Å². The summed E-state index contributed by atoms with van der Waals surface area (Å²) >= 11 is 0. The summed E-state index contributed by atoms with van der Waals surface area (Å²) in [7, 11) is 0. The van der Waals surface area contributed by atoms with E-state index in [1.165, 1.54) is 0 Å². The Kier molecular flexibility index (Phi) is 4.85.